The fourth-order valence-electron chi connectivity index (χ4n) is 2.93. The van der Waals surface area contributed by atoms with Crippen LogP contribution in [-0.2, 0) is 10.9 Å². The molecule has 0 spiro atoms. The molecular weight excluding hydrogens is 337 g/mol. The highest BCUT2D eigenvalue weighted by Crippen LogP contribution is 2.33. The van der Waals surface area contributed by atoms with Crippen molar-refractivity contribution in [1.82, 2.24) is 4.57 Å². The lowest BCUT2D eigenvalue weighted by Gasteiger charge is -2.33. The van der Waals surface area contributed by atoms with Crippen molar-refractivity contribution in [3.8, 4) is 0 Å². The summed E-state index contributed by atoms with van der Waals surface area (Å²) in [7, 11) is 1.22. The summed E-state index contributed by atoms with van der Waals surface area (Å²) in [5.74, 6) is -1.09. The van der Waals surface area contributed by atoms with Gasteiger partial charge in [-0.25, -0.2) is 4.79 Å². The predicted molar refractivity (Wildman–Crippen MR) is 83.6 cm³/mol. The first-order valence-electron chi connectivity index (χ1n) is 7.52. The zero-order valence-corrected chi connectivity index (χ0v) is 13.5. The summed E-state index contributed by atoms with van der Waals surface area (Å²) >= 11 is 0. The van der Waals surface area contributed by atoms with Crippen LogP contribution >= 0.6 is 0 Å². The van der Waals surface area contributed by atoms with Crippen LogP contribution in [0.4, 0.5) is 18.9 Å². The first-order chi connectivity index (χ1) is 11.7. The van der Waals surface area contributed by atoms with Crippen LogP contribution in [0.5, 0.6) is 0 Å². The van der Waals surface area contributed by atoms with Crippen LogP contribution in [0.3, 0.4) is 0 Å². The van der Waals surface area contributed by atoms with Crippen molar-refractivity contribution in [1.29, 1.82) is 0 Å². The second-order valence-corrected chi connectivity index (χ2v) is 5.79. The summed E-state index contributed by atoms with van der Waals surface area (Å²) in [5.41, 5.74) is -0.137. The van der Waals surface area contributed by atoms with Gasteiger partial charge in [0.05, 0.1) is 18.2 Å². The number of aromatic nitrogens is 1. The van der Waals surface area contributed by atoms with E-state index in [4.69, 9.17) is 4.74 Å². The molecule has 0 saturated carbocycles. The lowest BCUT2D eigenvalue weighted by Crippen LogP contribution is -2.42. The Balaban J connectivity index is 1.99. The van der Waals surface area contributed by atoms with Crippen molar-refractivity contribution in [2.24, 2.45) is 0 Å². The Morgan fingerprint density at radius 2 is 1.84 bits per heavy atom. The van der Waals surface area contributed by atoms with Gasteiger partial charge in [-0.05, 0) is 37.3 Å². The molecular formula is C17H15F3N2O3. The maximum atomic E-state index is 12.8. The van der Waals surface area contributed by atoms with Crippen molar-refractivity contribution in [2.75, 3.05) is 18.6 Å². The van der Waals surface area contributed by atoms with Gasteiger partial charge in [-0.3, -0.25) is 4.79 Å². The van der Waals surface area contributed by atoms with E-state index in [0.717, 1.165) is 12.1 Å². The SMILES string of the molecule is COC(=O)c1ccn2c1C(=O)N(c1ccc(C(F)(F)F)cc1)C[C@@H]2C. The van der Waals surface area contributed by atoms with Crippen LogP contribution < -0.4 is 4.90 Å². The summed E-state index contributed by atoms with van der Waals surface area (Å²) in [6.45, 7) is 2.14. The van der Waals surface area contributed by atoms with E-state index in [1.807, 2.05) is 6.92 Å². The van der Waals surface area contributed by atoms with Gasteiger partial charge in [0.15, 0.2) is 0 Å². The number of fused-ring (bicyclic) bond motifs is 1. The van der Waals surface area contributed by atoms with Crippen LogP contribution in [-0.4, -0.2) is 30.1 Å². The second kappa shape index (κ2) is 5.94. The summed E-state index contributed by atoms with van der Waals surface area (Å²) < 4.78 is 44.5. The van der Waals surface area contributed by atoms with Crippen molar-refractivity contribution < 1.29 is 27.5 Å². The minimum absolute atomic E-state index is 0.135. The molecule has 0 saturated heterocycles. The van der Waals surface area contributed by atoms with Gasteiger partial charge in [-0.1, -0.05) is 0 Å². The third-order valence-electron chi connectivity index (χ3n) is 4.20. The Morgan fingerprint density at radius 3 is 2.40 bits per heavy atom. The quantitative estimate of drug-likeness (QED) is 0.777. The number of alkyl halides is 3. The fraction of sp³-hybridized carbons (Fsp3) is 0.294. The highest BCUT2D eigenvalue weighted by molar-refractivity contribution is 6.12. The largest absolute Gasteiger partial charge is 0.465 e. The number of amides is 1. The summed E-state index contributed by atoms with van der Waals surface area (Å²) in [6, 6.07) is 5.73. The Hall–Kier alpha value is -2.77. The average molecular weight is 352 g/mol. The molecule has 0 aliphatic carbocycles. The molecule has 1 aliphatic heterocycles. The monoisotopic (exact) mass is 352 g/mol. The van der Waals surface area contributed by atoms with Gasteiger partial charge in [0.2, 0.25) is 0 Å². The van der Waals surface area contributed by atoms with Crippen LogP contribution in [0.1, 0.15) is 39.4 Å². The highest BCUT2D eigenvalue weighted by Gasteiger charge is 2.35. The lowest BCUT2D eigenvalue weighted by atomic mass is 10.1. The number of benzene rings is 1. The maximum Gasteiger partial charge on any atom is 0.416 e. The summed E-state index contributed by atoms with van der Waals surface area (Å²) in [5, 5.41) is 0. The number of halogens is 3. The van der Waals surface area contributed by atoms with E-state index < -0.39 is 23.6 Å². The van der Waals surface area contributed by atoms with Crippen LogP contribution in [0, 0.1) is 0 Å². The van der Waals surface area contributed by atoms with Gasteiger partial charge in [0.1, 0.15) is 5.69 Å². The Labute approximate surface area is 141 Å². The number of carbonyl (C=O) groups excluding carboxylic acids is 2. The molecule has 1 aromatic carbocycles. The van der Waals surface area contributed by atoms with Crippen LogP contribution in [0.25, 0.3) is 0 Å². The molecule has 0 unspecified atom stereocenters. The summed E-state index contributed by atoms with van der Waals surface area (Å²) in [4.78, 5) is 26.1. The topological polar surface area (TPSA) is 51.5 Å². The number of carbonyl (C=O) groups is 2. The number of hydrogen-bond acceptors (Lipinski definition) is 3. The van der Waals surface area contributed by atoms with E-state index in [-0.39, 0.29) is 23.8 Å². The number of nitrogens with zero attached hydrogens (tertiary/aromatic N) is 2. The first kappa shape index (κ1) is 17.1. The van der Waals surface area contributed by atoms with E-state index in [1.54, 1.807) is 10.8 Å². The van der Waals surface area contributed by atoms with Crippen molar-refractivity contribution in [3.05, 3.63) is 53.3 Å². The number of esters is 1. The Bertz CT molecular complexity index is 825. The summed E-state index contributed by atoms with van der Waals surface area (Å²) in [6.07, 6.45) is -2.81. The fourth-order valence-corrected chi connectivity index (χ4v) is 2.93. The molecule has 2 aromatic rings. The molecule has 132 valence electrons. The normalized spacial score (nSPS) is 17.4. The van der Waals surface area contributed by atoms with Crippen molar-refractivity contribution in [2.45, 2.75) is 19.1 Å². The van der Waals surface area contributed by atoms with Gasteiger partial charge in [-0.15, -0.1) is 0 Å². The number of rotatable bonds is 2. The van der Waals surface area contributed by atoms with Crippen molar-refractivity contribution in [3.63, 3.8) is 0 Å². The molecule has 25 heavy (non-hydrogen) atoms. The lowest BCUT2D eigenvalue weighted by molar-refractivity contribution is -0.137. The highest BCUT2D eigenvalue weighted by atomic mass is 19.4. The second-order valence-electron chi connectivity index (χ2n) is 5.79. The molecule has 5 nitrogen and oxygen atoms in total. The van der Waals surface area contributed by atoms with E-state index in [1.165, 1.54) is 30.2 Å². The van der Waals surface area contributed by atoms with Crippen LogP contribution in [0.15, 0.2) is 36.5 Å². The minimum atomic E-state index is -4.44. The minimum Gasteiger partial charge on any atom is -0.465 e. The van der Waals surface area contributed by atoms with E-state index in [2.05, 4.69) is 0 Å². The molecule has 1 aliphatic rings. The zero-order chi connectivity index (χ0) is 18.4. The maximum absolute atomic E-state index is 12.8. The van der Waals surface area contributed by atoms with E-state index >= 15 is 0 Å². The molecule has 2 heterocycles. The van der Waals surface area contributed by atoms with E-state index in [0.29, 0.717) is 5.69 Å². The van der Waals surface area contributed by atoms with Gasteiger partial charge >= 0.3 is 12.1 Å². The molecule has 0 radical (unpaired) electrons. The molecule has 0 N–H and O–H groups in total. The van der Waals surface area contributed by atoms with Crippen LogP contribution in [0.2, 0.25) is 0 Å². The standard InChI is InChI=1S/C17H15F3N2O3/c1-10-9-22(12-5-3-11(4-6-12)17(18,19)20)15(23)14-13(16(24)25-2)7-8-21(10)14/h3-8,10H,9H2,1-2H3/t10-/m0/s1. The van der Waals surface area contributed by atoms with Crippen molar-refractivity contribution >= 4 is 17.6 Å². The Kier molecular flexibility index (Phi) is 4.06. The molecule has 0 bridgehead atoms. The average Bonchev–Trinajstić information content (AvgIpc) is 3.02. The number of methoxy groups -OCH3 is 1. The molecule has 8 heteroatoms. The van der Waals surface area contributed by atoms with Gasteiger partial charge in [0, 0.05) is 24.5 Å². The molecule has 1 amide bonds. The number of anilines is 1. The smallest absolute Gasteiger partial charge is 0.416 e. The van der Waals surface area contributed by atoms with Gasteiger partial charge < -0.3 is 14.2 Å². The van der Waals surface area contributed by atoms with Gasteiger partial charge in [-0.2, -0.15) is 13.2 Å². The Morgan fingerprint density at radius 1 is 1.20 bits per heavy atom. The van der Waals surface area contributed by atoms with E-state index in [9.17, 15) is 22.8 Å². The zero-order valence-electron chi connectivity index (χ0n) is 13.5. The number of ether oxygens (including phenoxy) is 1. The molecule has 1 aromatic heterocycles. The molecule has 0 fully saturated rings. The predicted octanol–water partition coefficient (Wildman–Crippen LogP) is 3.51. The molecule has 3 rings (SSSR count). The van der Waals surface area contributed by atoms with Gasteiger partial charge in [0.25, 0.3) is 5.91 Å². The number of hydrogen-bond donors (Lipinski definition) is 0. The third-order valence-corrected chi connectivity index (χ3v) is 4.20. The first-order valence-corrected chi connectivity index (χ1v) is 7.52. The third kappa shape index (κ3) is 2.88. The molecule has 1 atom stereocenters.